The van der Waals surface area contributed by atoms with Crippen LogP contribution in [-0.2, 0) is 14.3 Å². The van der Waals surface area contributed by atoms with Gasteiger partial charge in [0.1, 0.15) is 6.10 Å². The van der Waals surface area contributed by atoms with Crippen LogP contribution in [0.1, 0.15) is 0 Å². The summed E-state index contributed by atoms with van der Waals surface area (Å²) in [7, 11) is 1.04. The minimum atomic E-state index is -1.55. The molecule has 0 saturated carbocycles. The van der Waals surface area contributed by atoms with Gasteiger partial charge in [-0.15, -0.1) is 0 Å². The van der Waals surface area contributed by atoms with Crippen molar-refractivity contribution in [1.82, 2.24) is 0 Å². The molecule has 6 heteroatoms. The molecule has 6 nitrogen and oxygen atoms in total. The Morgan fingerprint density at radius 3 is 2.58 bits per heavy atom. The van der Waals surface area contributed by atoms with Gasteiger partial charge in [-0.2, -0.15) is 0 Å². The van der Waals surface area contributed by atoms with E-state index in [0.717, 1.165) is 13.1 Å². The smallest absolute Gasteiger partial charge is 0.437 e. The molecule has 0 bridgehead atoms. The molecule has 0 aromatic carbocycles. The van der Waals surface area contributed by atoms with E-state index in [1.165, 1.54) is 0 Å². The average molecular weight is 176 g/mol. The van der Waals surface area contributed by atoms with Crippen LogP contribution in [0.3, 0.4) is 0 Å². The van der Waals surface area contributed by atoms with Gasteiger partial charge in [0.2, 0.25) is 5.76 Å². The molecule has 12 heavy (non-hydrogen) atoms. The van der Waals surface area contributed by atoms with Crippen molar-refractivity contribution in [2.75, 3.05) is 13.7 Å². The normalized spacial score (nSPS) is 11.2. The van der Waals surface area contributed by atoms with E-state index in [2.05, 4.69) is 9.47 Å². The maximum Gasteiger partial charge on any atom is 0.514 e. The van der Waals surface area contributed by atoms with Crippen molar-refractivity contribution in [3.8, 4) is 0 Å². The Morgan fingerprint density at radius 2 is 2.25 bits per heavy atom. The van der Waals surface area contributed by atoms with E-state index in [0.29, 0.717) is 0 Å². The molecule has 0 spiro atoms. The maximum atomic E-state index is 10.4. The summed E-state index contributed by atoms with van der Waals surface area (Å²) in [5.74, 6) is 0.447. The fraction of sp³-hybridized carbons (Fsp3) is 0.500. The number of ether oxygens (including phenoxy) is 2. The lowest BCUT2D eigenvalue weighted by molar-refractivity contribution is 0.0500. The highest BCUT2D eigenvalue weighted by atomic mass is 16.7. The zero-order valence-electron chi connectivity index (χ0n) is 6.31. The highest BCUT2D eigenvalue weighted by Crippen LogP contribution is 2.00. The second kappa shape index (κ2) is 5.31. The molecule has 0 rings (SSSR count). The molecule has 0 aromatic heterocycles. The van der Waals surface area contributed by atoms with Gasteiger partial charge in [0.25, 0.3) is 0 Å². The minimum absolute atomic E-state index is 0.704. The summed E-state index contributed by atoms with van der Waals surface area (Å²) in [5, 5.41) is 17.1. The third-order valence-corrected chi connectivity index (χ3v) is 0.936. The fourth-order valence-electron chi connectivity index (χ4n) is 0.371. The van der Waals surface area contributed by atoms with Crippen molar-refractivity contribution in [2.45, 2.75) is 6.10 Å². The summed E-state index contributed by atoms with van der Waals surface area (Å²) in [6.07, 6.45) is -2.71. The van der Waals surface area contributed by atoms with Gasteiger partial charge in [-0.25, -0.2) is 9.59 Å². The van der Waals surface area contributed by atoms with Crippen molar-refractivity contribution in [2.24, 2.45) is 0 Å². The van der Waals surface area contributed by atoms with Crippen molar-refractivity contribution >= 4 is 12.1 Å². The summed E-state index contributed by atoms with van der Waals surface area (Å²) < 4.78 is 8.15. The maximum absolute atomic E-state index is 10.4. The van der Waals surface area contributed by atoms with Crippen molar-refractivity contribution in [1.29, 1.82) is 0 Å². The van der Waals surface area contributed by atoms with Crippen molar-refractivity contribution < 1.29 is 29.3 Å². The van der Waals surface area contributed by atoms with Crippen LogP contribution in [0.2, 0.25) is 0 Å². The molecule has 0 heterocycles. The molecule has 0 amide bonds. The number of methoxy groups -OCH3 is 1. The molecule has 1 unspecified atom stereocenters. The highest BCUT2D eigenvalue weighted by molar-refractivity contribution is 5.65. The fourth-order valence-corrected chi connectivity index (χ4v) is 0.371. The van der Waals surface area contributed by atoms with Gasteiger partial charge in [0.05, 0.1) is 13.7 Å². The quantitative estimate of drug-likeness (QED) is 0.320. The lowest BCUT2D eigenvalue weighted by Crippen LogP contribution is -2.20. The predicted molar refractivity (Wildman–Crippen MR) is 35.8 cm³/mol. The molecule has 0 aliphatic carbocycles. The Morgan fingerprint density at radius 1 is 1.67 bits per heavy atom. The van der Waals surface area contributed by atoms with E-state index in [1.807, 2.05) is 0 Å². The number of rotatable bonds is 3. The summed E-state index contributed by atoms with van der Waals surface area (Å²) in [4.78, 5) is 20.4. The van der Waals surface area contributed by atoms with Gasteiger partial charge in [-0.1, -0.05) is 0 Å². The van der Waals surface area contributed by atoms with E-state index in [-0.39, 0.29) is 0 Å². The first kappa shape index (κ1) is 10.6. The molecule has 0 aliphatic rings. The number of aliphatic hydroxyl groups is 2. The largest absolute Gasteiger partial charge is 0.514 e. The molecule has 0 fully saturated rings. The number of aliphatic hydroxyl groups excluding tert-OH is 2. The molecule has 68 valence electrons. The molecule has 0 aliphatic heterocycles. The van der Waals surface area contributed by atoms with Crippen molar-refractivity contribution in [3.05, 3.63) is 5.76 Å². The molecule has 1 atom stereocenters. The second-order valence-corrected chi connectivity index (χ2v) is 1.72. The molecule has 2 N–H and O–H groups in total. The zero-order chi connectivity index (χ0) is 9.56. The van der Waals surface area contributed by atoms with E-state index in [4.69, 9.17) is 10.2 Å². The van der Waals surface area contributed by atoms with Crippen LogP contribution in [0.25, 0.3) is 0 Å². The van der Waals surface area contributed by atoms with Crippen molar-refractivity contribution in [3.63, 3.8) is 0 Å². The van der Waals surface area contributed by atoms with Gasteiger partial charge in [0.15, 0.2) is 5.94 Å². The lowest BCUT2D eigenvalue weighted by Gasteiger charge is -2.07. The average Bonchev–Trinajstić information content (AvgIpc) is 2.12. The summed E-state index contributed by atoms with van der Waals surface area (Å²) >= 11 is 0. The molecular weight excluding hydrogens is 168 g/mol. The third kappa shape index (κ3) is 3.16. The van der Waals surface area contributed by atoms with E-state index in [1.54, 1.807) is 0 Å². The minimum Gasteiger partial charge on any atom is -0.437 e. The Kier molecular flexibility index (Phi) is 4.71. The molecule has 0 saturated heterocycles. The van der Waals surface area contributed by atoms with Gasteiger partial charge in [-0.3, -0.25) is 0 Å². The Balaban J connectivity index is 4.20. The SMILES string of the molecule is COC(=O)OC(=C=O)C(O)CO. The predicted octanol–water partition coefficient (Wildman–Crippen LogP) is -1.16. The van der Waals surface area contributed by atoms with Crippen LogP contribution in [0.5, 0.6) is 0 Å². The van der Waals surface area contributed by atoms with Gasteiger partial charge in [-0.05, 0) is 0 Å². The second-order valence-electron chi connectivity index (χ2n) is 1.72. The summed E-state index contributed by atoms with van der Waals surface area (Å²) in [5.41, 5.74) is 0. The first-order chi connectivity index (χ1) is 5.65. The standard InChI is InChI=1S/C6H8O6/c1-11-6(10)12-5(3-8)4(9)2-7/h4,7,9H,2H2,1H3. The number of carbonyl (C=O) groups excluding carboxylic acids is 2. The number of hydrogen-bond acceptors (Lipinski definition) is 6. The van der Waals surface area contributed by atoms with Crippen LogP contribution in [0.15, 0.2) is 5.76 Å². The van der Waals surface area contributed by atoms with Gasteiger partial charge < -0.3 is 19.7 Å². The first-order valence-corrected chi connectivity index (χ1v) is 2.95. The molecule has 0 aromatic rings. The van der Waals surface area contributed by atoms with Gasteiger partial charge >= 0.3 is 6.16 Å². The zero-order valence-corrected chi connectivity index (χ0v) is 6.31. The van der Waals surface area contributed by atoms with E-state index < -0.39 is 24.6 Å². The van der Waals surface area contributed by atoms with Crippen LogP contribution < -0.4 is 0 Å². The van der Waals surface area contributed by atoms with Gasteiger partial charge in [0, 0.05) is 0 Å². The lowest BCUT2D eigenvalue weighted by atomic mass is 10.3. The van der Waals surface area contributed by atoms with Crippen LogP contribution in [0, 0.1) is 0 Å². The number of carbonyl (C=O) groups is 1. The summed E-state index contributed by atoms with van der Waals surface area (Å²) in [6, 6.07) is 0. The van der Waals surface area contributed by atoms with E-state index >= 15 is 0 Å². The van der Waals surface area contributed by atoms with Crippen LogP contribution in [-0.4, -0.2) is 42.1 Å². The topological polar surface area (TPSA) is 93.1 Å². The number of hydrogen-bond donors (Lipinski definition) is 2. The summed E-state index contributed by atoms with van der Waals surface area (Å²) in [6.45, 7) is -0.735. The Labute approximate surface area is 68.0 Å². The Bertz CT molecular complexity index is 204. The monoisotopic (exact) mass is 176 g/mol. The molecular formula is C6H8O6. The van der Waals surface area contributed by atoms with Crippen LogP contribution in [0.4, 0.5) is 4.79 Å². The first-order valence-electron chi connectivity index (χ1n) is 2.95. The van der Waals surface area contributed by atoms with Crippen LogP contribution >= 0.6 is 0 Å². The van der Waals surface area contributed by atoms with E-state index in [9.17, 15) is 9.59 Å². The highest BCUT2D eigenvalue weighted by Gasteiger charge is 2.16. The molecule has 0 radical (unpaired) electrons. The Hall–Kier alpha value is -1.36. The third-order valence-electron chi connectivity index (χ3n) is 0.936.